The topological polar surface area (TPSA) is 98.0 Å². The molecular formula is C13H26N4O3. The molecule has 116 valence electrons. The minimum Gasteiger partial charge on any atom is -0.444 e. The smallest absolute Gasteiger partial charge is 0.407 e. The predicted octanol–water partition coefficient (Wildman–Crippen LogP) is 0.594. The number of rotatable bonds is 5. The Kier molecular flexibility index (Phi) is 6.57. The molecule has 20 heavy (non-hydrogen) atoms. The summed E-state index contributed by atoms with van der Waals surface area (Å²) in [4.78, 5) is 15.6. The van der Waals surface area contributed by atoms with Gasteiger partial charge in [-0.05, 0) is 33.6 Å². The van der Waals surface area contributed by atoms with E-state index in [0.717, 1.165) is 19.4 Å². The first-order valence-corrected chi connectivity index (χ1v) is 6.99. The predicted molar refractivity (Wildman–Crippen MR) is 77.7 cm³/mol. The van der Waals surface area contributed by atoms with Crippen LogP contribution in [-0.2, 0) is 9.47 Å². The van der Waals surface area contributed by atoms with Crippen molar-refractivity contribution >= 4 is 12.1 Å². The molecule has 0 aromatic rings. The highest BCUT2D eigenvalue weighted by Crippen LogP contribution is 2.11. The Morgan fingerprint density at radius 1 is 1.40 bits per heavy atom. The first-order chi connectivity index (χ1) is 9.37. The number of carbonyl (C=O) groups is 1. The van der Waals surface area contributed by atoms with Gasteiger partial charge >= 0.3 is 6.09 Å². The summed E-state index contributed by atoms with van der Waals surface area (Å²) in [6.45, 7) is 7.78. The van der Waals surface area contributed by atoms with Crippen LogP contribution >= 0.6 is 0 Å². The fraction of sp³-hybridized carbons (Fsp3) is 0.846. The molecule has 4 N–H and O–H groups in total. The van der Waals surface area contributed by atoms with Gasteiger partial charge in [0.25, 0.3) is 0 Å². The van der Waals surface area contributed by atoms with Crippen LogP contribution in [0.3, 0.4) is 0 Å². The van der Waals surface area contributed by atoms with Crippen LogP contribution < -0.4 is 16.4 Å². The van der Waals surface area contributed by atoms with E-state index in [1.165, 1.54) is 0 Å². The summed E-state index contributed by atoms with van der Waals surface area (Å²) in [7, 11) is 0. The number of carbonyl (C=O) groups excluding carboxylic acids is 1. The number of amides is 1. The fourth-order valence-electron chi connectivity index (χ4n) is 1.71. The van der Waals surface area contributed by atoms with E-state index in [4.69, 9.17) is 15.2 Å². The van der Waals surface area contributed by atoms with Gasteiger partial charge in [-0.25, -0.2) is 4.79 Å². The SMILES string of the molecule is CC(C)(C)OC(=O)NCCNC(N)=NCC1CCCO1. The van der Waals surface area contributed by atoms with Crippen LogP contribution in [-0.4, -0.2) is 50.0 Å². The molecule has 0 radical (unpaired) electrons. The third-order valence-electron chi connectivity index (χ3n) is 2.59. The van der Waals surface area contributed by atoms with Crippen LogP contribution in [0.4, 0.5) is 4.79 Å². The van der Waals surface area contributed by atoms with Gasteiger partial charge in [0.15, 0.2) is 5.96 Å². The van der Waals surface area contributed by atoms with Crippen molar-refractivity contribution in [1.82, 2.24) is 10.6 Å². The number of nitrogens with one attached hydrogen (secondary N) is 2. The molecule has 7 heteroatoms. The highest BCUT2D eigenvalue weighted by atomic mass is 16.6. The molecule has 1 unspecified atom stereocenters. The minimum absolute atomic E-state index is 0.190. The van der Waals surface area contributed by atoms with E-state index in [-0.39, 0.29) is 6.10 Å². The quantitative estimate of drug-likeness (QED) is 0.390. The number of hydrogen-bond donors (Lipinski definition) is 3. The number of nitrogens with zero attached hydrogens (tertiary/aromatic N) is 1. The van der Waals surface area contributed by atoms with Gasteiger partial charge < -0.3 is 25.8 Å². The molecule has 1 aliphatic rings. The fourth-order valence-corrected chi connectivity index (χ4v) is 1.71. The van der Waals surface area contributed by atoms with E-state index in [1.54, 1.807) is 0 Å². The lowest BCUT2D eigenvalue weighted by Crippen LogP contribution is -2.40. The third-order valence-corrected chi connectivity index (χ3v) is 2.59. The van der Waals surface area contributed by atoms with Crippen LogP contribution in [0.2, 0.25) is 0 Å². The Morgan fingerprint density at radius 2 is 2.10 bits per heavy atom. The molecule has 1 fully saturated rings. The second-order valence-corrected chi connectivity index (χ2v) is 5.72. The van der Waals surface area contributed by atoms with Gasteiger partial charge in [0, 0.05) is 19.7 Å². The second-order valence-electron chi connectivity index (χ2n) is 5.72. The summed E-state index contributed by atoms with van der Waals surface area (Å²) < 4.78 is 10.5. The Labute approximate surface area is 120 Å². The lowest BCUT2D eigenvalue weighted by atomic mass is 10.2. The number of alkyl carbamates (subject to hydrolysis) is 1. The highest BCUT2D eigenvalue weighted by Gasteiger charge is 2.16. The van der Waals surface area contributed by atoms with Crippen molar-refractivity contribution in [2.24, 2.45) is 10.7 Å². The van der Waals surface area contributed by atoms with Gasteiger partial charge in [-0.2, -0.15) is 0 Å². The van der Waals surface area contributed by atoms with E-state index >= 15 is 0 Å². The monoisotopic (exact) mass is 286 g/mol. The summed E-state index contributed by atoms with van der Waals surface area (Å²) in [5.41, 5.74) is 5.22. The number of nitrogens with two attached hydrogens (primary N) is 1. The molecule has 7 nitrogen and oxygen atoms in total. The van der Waals surface area contributed by atoms with Crippen LogP contribution in [0.1, 0.15) is 33.6 Å². The molecule has 1 saturated heterocycles. The van der Waals surface area contributed by atoms with Crippen LogP contribution in [0.5, 0.6) is 0 Å². The minimum atomic E-state index is -0.487. The first-order valence-electron chi connectivity index (χ1n) is 6.99. The van der Waals surface area contributed by atoms with Crippen molar-refractivity contribution < 1.29 is 14.3 Å². The van der Waals surface area contributed by atoms with Crippen molar-refractivity contribution in [2.45, 2.75) is 45.3 Å². The molecule has 0 aliphatic carbocycles. The third kappa shape index (κ3) is 7.83. The molecule has 0 saturated carbocycles. The molecule has 0 spiro atoms. The normalized spacial score (nSPS) is 19.8. The molecular weight excluding hydrogens is 260 g/mol. The zero-order valence-electron chi connectivity index (χ0n) is 12.6. The average Bonchev–Trinajstić information content (AvgIpc) is 2.83. The number of ether oxygens (including phenoxy) is 2. The molecule has 0 aromatic carbocycles. The van der Waals surface area contributed by atoms with E-state index in [1.807, 2.05) is 20.8 Å². The standard InChI is InChI=1S/C13H26N4O3/c1-13(2,3)20-12(18)16-7-6-15-11(14)17-9-10-5-4-8-19-10/h10H,4-9H2,1-3H3,(H,16,18)(H3,14,15,17). The number of aliphatic imine (C=N–C) groups is 1. The van der Waals surface area contributed by atoms with Crippen LogP contribution in [0.15, 0.2) is 4.99 Å². The summed E-state index contributed by atoms with van der Waals surface area (Å²) in [6, 6.07) is 0. The van der Waals surface area contributed by atoms with Crippen molar-refractivity contribution in [2.75, 3.05) is 26.2 Å². The van der Waals surface area contributed by atoms with E-state index in [2.05, 4.69) is 15.6 Å². The lowest BCUT2D eigenvalue weighted by molar-refractivity contribution is 0.0529. The van der Waals surface area contributed by atoms with Gasteiger partial charge in [-0.3, -0.25) is 4.99 Å². The highest BCUT2D eigenvalue weighted by molar-refractivity contribution is 5.77. The summed E-state index contributed by atoms with van der Waals surface area (Å²) in [5, 5.41) is 5.56. The first kappa shape index (κ1) is 16.6. The van der Waals surface area contributed by atoms with Gasteiger partial charge in [-0.15, -0.1) is 0 Å². The zero-order valence-corrected chi connectivity index (χ0v) is 12.6. The van der Waals surface area contributed by atoms with E-state index < -0.39 is 11.7 Å². The molecule has 1 aliphatic heterocycles. The average molecular weight is 286 g/mol. The lowest BCUT2D eigenvalue weighted by Gasteiger charge is -2.19. The summed E-state index contributed by atoms with van der Waals surface area (Å²) in [6.07, 6.45) is 1.88. The summed E-state index contributed by atoms with van der Waals surface area (Å²) >= 11 is 0. The number of guanidine groups is 1. The molecule has 1 heterocycles. The Hall–Kier alpha value is -1.50. The maximum Gasteiger partial charge on any atom is 0.407 e. The maximum atomic E-state index is 11.4. The van der Waals surface area contributed by atoms with Crippen LogP contribution in [0.25, 0.3) is 0 Å². The molecule has 0 aromatic heterocycles. The molecule has 1 amide bonds. The van der Waals surface area contributed by atoms with Gasteiger partial charge in [0.2, 0.25) is 0 Å². The van der Waals surface area contributed by atoms with Gasteiger partial charge in [0.05, 0.1) is 12.6 Å². The largest absolute Gasteiger partial charge is 0.444 e. The second kappa shape index (κ2) is 7.94. The Balaban J connectivity index is 2.07. The van der Waals surface area contributed by atoms with Gasteiger partial charge in [0.1, 0.15) is 5.60 Å². The Bertz CT molecular complexity index is 333. The molecule has 0 bridgehead atoms. The molecule has 1 atom stereocenters. The molecule has 1 rings (SSSR count). The van der Waals surface area contributed by atoms with E-state index in [0.29, 0.717) is 25.6 Å². The van der Waals surface area contributed by atoms with Crippen molar-refractivity contribution in [3.63, 3.8) is 0 Å². The van der Waals surface area contributed by atoms with E-state index in [9.17, 15) is 4.79 Å². The van der Waals surface area contributed by atoms with Crippen molar-refractivity contribution in [3.8, 4) is 0 Å². The Morgan fingerprint density at radius 3 is 2.70 bits per heavy atom. The van der Waals surface area contributed by atoms with Crippen LogP contribution in [0, 0.1) is 0 Å². The number of hydrogen-bond acceptors (Lipinski definition) is 4. The zero-order chi connectivity index (χ0) is 15.0. The summed E-state index contributed by atoms with van der Waals surface area (Å²) in [5.74, 6) is 0.367. The van der Waals surface area contributed by atoms with Crippen molar-refractivity contribution in [1.29, 1.82) is 0 Å². The maximum absolute atomic E-state index is 11.4. The van der Waals surface area contributed by atoms with Crippen molar-refractivity contribution in [3.05, 3.63) is 0 Å². The van der Waals surface area contributed by atoms with Gasteiger partial charge in [-0.1, -0.05) is 0 Å².